The zero-order valence-electron chi connectivity index (χ0n) is 30.2. The molecule has 6 amide bonds. The van der Waals surface area contributed by atoms with E-state index in [1.165, 1.54) is 35.6 Å². The van der Waals surface area contributed by atoms with Crippen LogP contribution in [0.4, 0.5) is 8.78 Å². The monoisotopic (exact) mass is 730 g/mol. The standard InChI is InChI=1S/C36H48F2N6O8/c1-6-7-10-20(2)30(45)40-26(17-23-15-24(37)18-25(38)16-23)32(47)41-27-19-52-36(51)29-12-9-14-44(29)33(48)21(3)39-31(46)22(4)42(5)35(50)28-11-8-13-43(28)34(27)49/h10,15-16,18,21-22,26-29H,6-9,11-14,17,19H2,1-5H3,(H,39,46)(H,40,45)(H,41,47)/b20-10+/t21-,22-,26-,27-,28-,29-/m0/s1. The minimum absolute atomic E-state index is 0.0514. The van der Waals surface area contributed by atoms with E-state index < -0.39 is 95.9 Å². The Morgan fingerprint density at radius 1 is 0.962 bits per heavy atom. The smallest absolute Gasteiger partial charge is 0.328 e. The number of likely N-dealkylation sites (N-methyl/N-ethyl adjacent to an activating group) is 1. The number of fused-ring (bicyclic) bond motifs is 2. The van der Waals surface area contributed by atoms with Gasteiger partial charge in [-0.1, -0.05) is 19.4 Å². The third kappa shape index (κ3) is 9.50. The van der Waals surface area contributed by atoms with Gasteiger partial charge in [-0.2, -0.15) is 0 Å². The van der Waals surface area contributed by atoms with Gasteiger partial charge in [-0.25, -0.2) is 13.6 Å². The van der Waals surface area contributed by atoms with E-state index in [2.05, 4.69) is 16.0 Å². The molecule has 3 N–H and O–H groups in total. The lowest BCUT2D eigenvalue weighted by molar-refractivity contribution is -0.158. The number of allylic oxidation sites excluding steroid dienone is 1. The predicted octanol–water partition coefficient (Wildman–Crippen LogP) is 1.11. The van der Waals surface area contributed by atoms with Gasteiger partial charge in [-0.05, 0) is 70.6 Å². The van der Waals surface area contributed by atoms with Gasteiger partial charge in [0.15, 0.2) is 0 Å². The largest absolute Gasteiger partial charge is 0.461 e. The molecule has 3 aliphatic rings. The summed E-state index contributed by atoms with van der Waals surface area (Å²) in [7, 11) is 1.42. The molecule has 0 bridgehead atoms. The number of rotatable bonds is 8. The van der Waals surface area contributed by atoms with Gasteiger partial charge in [0.05, 0.1) is 0 Å². The highest BCUT2D eigenvalue weighted by Crippen LogP contribution is 2.23. The number of carbonyl (C=O) groups excluding carboxylic acids is 7. The molecule has 3 saturated heterocycles. The molecule has 1 aromatic carbocycles. The molecule has 0 spiro atoms. The first-order valence-electron chi connectivity index (χ1n) is 17.7. The van der Waals surface area contributed by atoms with E-state index in [4.69, 9.17) is 4.74 Å². The fourth-order valence-corrected chi connectivity index (χ4v) is 6.62. The Hall–Kier alpha value is -4.89. The van der Waals surface area contributed by atoms with Crippen LogP contribution in [0.3, 0.4) is 0 Å². The molecule has 3 aliphatic heterocycles. The van der Waals surface area contributed by atoms with Crippen LogP contribution in [0.25, 0.3) is 0 Å². The van der Waals surface area contributed by atoms with E-state index in [9.17, 15) is 42.3 Å². The molecule has 0 unspecified atom stereocenters. The van der Waals surface area contributed by atoms with Crippen LogP contribution in [0.15, 0.2) is 29.8 Å². The van der Waals surface area contributed by atoms with Crippen LogP contribution < -0.4 is 16.0 Å². The number of benzene rings is 1. The summed E-state index contributed by atoms with van der Waals surface area (Å²) in [6, 6.07) is -4.37. The number of ether oxygens (including phenoxy) is 1. The van der Waals surface area contributed by atoms with Crippen LogP contribution in [0, 0.1) is 11.6 Å². The van der Waals surface area contributed by atoms with Crippen molar-refractivity contribution in [1.29, 1.82) is 0 Å². The van der Waals surface area contributed by atoms with Gasteiger partial charge in [0, 0.05) is 38.2 Å². The van der Waals surface area contributed by atoms with Crippen molar-refractivity contribution in [3.8, 4) is 0 Å². The van der Waals surface area contributed by atoms with Gasteiger partial charge >= 0.3 is 5.97 Å². The van der Waals surface area contributed by atoms with Gasteiger partial charge < -0.3 is 35.4 Å². The highest BCUT2D eigenvalue weighted by molar-refractivity contribution is 5.99. The van der Waals surface area contributed by atoms with Crippen molar-refractivity contribution < 1.29 is 47.1 Å². The van der Waals surface area contributed by atoms with Crippen LogP contribution in [0.2, 0.25) is 0 Å². The Bertz CT molecular complexity index is 1580. The van der Waals surface area contributed by atoms with Gasteiger partial charge in [-0.15, -0.1) is 0 Å². The molecule has 0 saturated carbocycles. The first-order chi connectivity index (χ1) is 24.6. The number of hydrogen-bond acceptors (Lipinski definition) is 8. The number of unbranched alkanes of at least 4 members (excludes halogenated alkanes) is 1. The predicted molar refractivity (Wildman–Crippen MR) is 183 cm³/mol. The maximum absolute atomic E-state index is 14.2. The van der Waals surface area contributed by atoms with E-state index >= 15 is 0 Å². The molecule has 14 nitrogen and oxygen atoms in total. The number of halogens is 2. The molecule has 16 heteroatoms. The summed E-state index contributed by atoms with van der Waals surface area (Å²) in [6.07, 6.45) is 4.08. The highest BCUT2D eigenvalue weighted by Gasteiger charge is 2.43. The second-order valence-electron chi connectivity index (χ2n) is 13.6. The Kier molecular flexibility index (Phi) is 13.5. The summed E-state index contributed by atoms with van der Waals surface area (Å²) < 4.78 is 33.9. The van der Waals surface area contributed by atoms with E-state index in [1.807, 2.05) is 6.92 Å². The summed E-state index contributed by atoms with van der Waals surface area (Å²) >= 11 is 0. The van der Waals surface area contributed by atoms with Crippen LogP contribution in [-0.2, 0) is 44.7 Å². The summed E-state index contributed by atoms with van der Waals surface area (Å²) in [4.78, 5) is 98.7. The third-order valence-electron chi connectivity index (χ3n) is 9.75. The Labute approximate surface area is 301 Å². The second-order valence-corrected chi connectivity index (χ2v) is 13.6. The first kappa shape index (κ1) is 39.9. The molecule has 52 heavy (non-hydrogen) atoms. The lowest BCUT2D eigenvalue weighted by Crippen LogP contribution is -2.60. The molecule has 6 atom stereocenters. The average molecular weight is 731 g/mol. The zero-order chi connectivity index (χ0) is 38.3. The molecule has 1 aromatic rings. The Morgan fingerprint density at radius 2 is 1.58 bits per heavy atom. The number of carbonyl (C=O) groups is 7. The molecule has 0 radical (unpaired) electrons. The number of hydrogen-bond donors (Lipinski definition) is 3. The summed E-state index contributed by atoms with van der Waals surface area (Å²) in [5, 5.41) is 7.77. The molecular formula is C36H48F2N6O8. The molecule has 4 rings (SSSR count). The van der Waals surface area contributed by atoms with Crippen LogP contribution >= 0.6 is 0 Å². The number of amides is 6. The van der Waals surface area contributed by atoms with Gasteiger partial charge in [0.1, 0.15) is 54.5 Å². The topological polar surface area (TPSA) is 175 Å². The van der Waals surface area contributed by atoms with Crippen molar-refractivity contribution in [3.05, 3.63) is 47.0 Å². The van der Waals surface area contributed by atoms with E-state index in [-0.39, 0.29) is 37.9 Å². The van der Waals surface area contributed by atoms with Crippen molar-refractivity contribution in [3.63, 3.8) is 0 Å². The molecule has 0 aromatic heterocycles. The molecule has 0 aliphatic carbocycles. The normalized spacial score (nSPS) is 25.7. The summed E-state index contributed by atoms with van der Waals surface area (Å²) in [6.45, 7) is 6.11. The van der Waals surface area contributed by atoms with Crippen molar-refractivity contribution in [2.24, 2.45) is 0 Å². The lowest BCUT2D eigenvalue weighted by Gasteiger charge is -2.34. The lowest BCUT2D eigenvalue weighted by atomic mass is 10.0. The van der Waals surface area contributed by atoms with Crippen molar-refractivity contribution in [2.45, 2.75) is 109 Å². The number of esters is 1. The van der Waals surface area contributed by atoms with Gasteiger partial charge in [0.2, 0.25) is 35.4 Å². The van der Waals surface area contributed by atoms with Crippen LogP contribution in [0.5, 0.6) is 0 Å². The highest BCUT2D eigenvalue weighted by atomic mass is 19.1. The van der Waals surface area contributed by atoms with E-state index in [0.29, 0.717) is 30.9 Å². The van der Waals surface area contributed by atoms with Gasteiger partial charge in [0.25, 0.3) is 0 Å². The summed E-state index contributed by atoms with van der Waals surface area (Å²) in [5.41, 5.74) is 0.353. The minimum Gasteiger partial charge on any atom is -0.461 e. The van der Waals surface area contributed by atoms with Gasteiger partial charge in [-0.3, -0.25) is 28.8 Å². The second kappa shape index (κ2) is 17.6. The fraction of sp³-hybridized carbons (Fsp3) is 0.583. The number of nitrogens with zero attached hydrogens (tertiary/aromatic N) is 3. The minimum atomic E-state index is -1.56. The average Bonchev–Trinajstić information content (AvgIpc) is 3.80. The quantitative estimate of drug-likeness (QED) is 0.264. The van der Waals surface area contributed by atoms with Crippen LogP contribution in [0.1, 0.15) is 71.8 Å². The SMILES string of the molecule is CCC/C=C(\C)C(=O)N[C@@H](Cc1cc(F)cc(F)c1)C(=O)N[C@H]1COC(=O)[C@@H]2CCCN2C(=O)[C@H](C)NC(=O)[C@H](C)N(C)C(=O)[C@@H]2CCCN2C1=O. The van der Waals surface area contributed by atoms with E-state index in [0.717, 1.165) is 18.6 Å². The summed E-state index contributed by atoms with van der Waals surface area (Å²) in [5.74, 6) is -6.59. The van der Waals surface area contributed by atoms with E-state index in [1.54, 1.807) is 13.0 Å². The molecule has 3 fully saturated rings. The Balaban J connectivity index is 1.68. The number of cyclic esters (lactones) is 1. The third-order valence-corrected chi connectivity index (χ3v) is 9.75. The molecular weight excluding hydrogens is 682 g/mol. The first-order valence-corrected chi connectivity index (χ1v) is 17.7. The maximum atomic E-state index is 14.2. The number of nitrogens with one attached hydrogen (secondary N) is 3. The maximum Gasteiger partial charge on any atom is 0.328 e. The molecule has 284 valence electrons. The zero-order valence-corrected chi connectivity index (χ0v) is 30.2. The van der Waals surface area contributed by atoms with Crippen molar-refractivity contribution in [2.75, 3.05) is 26.7 Å². The van der Waals surface area contributed by atoms with Crippen molar-refractivity contribution >= 4 is 41.4 Å². The van der Waals surface area contributed by atoms with Crippen molar-refractivity contribution in [1.82, 2.24) is 30.7 Å². The van der Waals surface area contributed by atoms with Crippen LogP contribution in [-0.4, -0.2) is 119 Å². The molecule has 3 heterocycles. The fourth-order valence-electron chi connectivity index (χ4n) is 6.62. The Morgan fingerprint density at radius 3 is 2.21 bits per heavy atom.